The number of amides is 1. The van der Waals surface area contributed by atoms with E-state index in [1.165, 1.54) is 6.07 Å². The quantitative estimate of drug-likeness (QED) is 0.841. The molecular formula is C14H19N3O2. The predicted octanol–water partition coefficient (Wildman–Crippen LogP) is 1.54. The van der Waals surface area contributed by atoms with Gasteiger partial charge in [0.15, 0.2) is 0 Å². The van der Waals surface area contributed by atoms with Crippen LogP contribution in [-0.2, 0) is 0 Å². The number of aliphatic hydroxyl groups excluding tert-OH is 1. The summed E-state index contributed by atoms with van der Waals surface area (Å²) in [6, 6.07) is 5.14. The van der Waals surface area contributed by atoms with E-state index >= 15 is 0 Å². The molecule has 0 aliphatic rings. The van der Waals surface area contributed by atoms with E-state index in [1.807, 2.05) is 19.9 Å². The maximum Gasteiger partial charge on any atom is 0.270 e. The highest BCUT2D eigenvalue weighted by Gasteiger charge is 2.24. The highest BCUT2D eigenvalue weighted by Crippen LogP contribution is 2.15. The predicted molar refractivity (Wildman–Crippen MR) is 71.6 cm³/mol. The average Bonchev–Trinajstić information content (AvgIpc) is 2.38. The number of aromatic nitrogens is 1. The second kappa shape index (κ2) is 6.30. The summed E-state index contributed by atoms with van der Waals surface area (Å²) in [7, 11) is 0. The lowest BCUT2D eigenvalue weighted by Gasteiger charge is -2.28. The summed E-state index contributed by atoms with van der Waals surface area (Å²) in [6.07, 6.45) is 1.21. The number of hydrogen-bond acceptors (Lipinski definition) is 4. The number of aliphatic hydroxyl groups is 1. The third-order valence-electron chi connectivity index (χ3n) is 3.30. The minimum atomic E-state index is -0.449. The molecular weight excluding hydrogens is 242 g/mol. The van der Waals surface area contributed by atoms with Crippen LogP contribution in [0.4, 0.5) is 0 Å². The zero-order valence-corrected chi connectivity index (χ0v) is 11.5. The van der Waals surface area contributed by atoms with Gasteiger partial charge in [0, 0.05) is 12.1 Å². The fourth-order valence-electron chi connectivity index (χ4n) is 1.72. The number of carbonyl (C=O) groups is 1. The van der Waals surface area contributed by atoms with Crippen LogP contribution in [0.15, 0.2) is 12.1 Å². The number of nitrogens with one attached hydrogen (secondary N) is 1. The Balaban J connectivity index is 2.90. The van der Waals surface area contributed by atoms with Gasteiger partial charge in [-0.05, 0) is 38.8 Å². The number of rotatable bonds is 5. The first-order valence-electron chi connectivity index (χ1n) is 6.27. The number of nitrogens with zero attached hydrogens (tertiary/aromatic N) is 2. The summed E-state index contributed by atoms with van der Waals surface area (Å²) in [4.78, 5) is 16.2. The number of aryl methyl sites for hydroxylation is 1. The molecule has 1 unspecified atom stereocenters. The van der Waals surface area contributed by atoms with Gasteiger partial charge >= 0.3 is 0 Å². The number of nitriles is 1. The Morgan fingerprint density at radius 2 is 2.26 bits per heavy atom. The fraction of sp³-hybridized carbons (Fsp3) is 0.500. The van der Waals surface area contributed by atoms with Crippen molar-refractivity contribution in [1.82, 2.24) is 10.3 Å². The van der Waals surface area contributed by atoms with E-state index in [4.69, 9.17) is 10.4 Å². The van der Waals surface area contributed by atoms with Gasteiger partial charge in [-0.1, -0.05) is 6.92 Å². The molecule has 1 aromatic rings. The van der Waals surface area contributed by atoms with E-state index in [9.17, 15) is 4.79 Å². The maximum absolute atomic E-state index is 12.1. The van der Waals surface area contributed by atoms with Crippen LogP contribution in [0.1, 0.15) is 48.4 Å². The lowest BCUT2D eigenvalue weighted by molar-refractivity contribution is 0.0881. The van der Waals surface area contributed by atoms with Crippen molar-refractivity contribution in [3.05, 3.63) is 29.1 Å². The second-order valence-electron chi connectivity index (χ2n) is 4.78. The topological polar surface area (TPSA) is 86.0 Å². The van der Waals surface area contributed by atoms with Crippen molar-refractivity contribution in [2.24, 2.45) is 0 Å². The Morgan fingerprint density at radius 1 is 1.58 bits per heavy atom. The molecule has 0 aromatic carbocycles. The van der Waals surface area contributed by atoms with Crippen molar-refractivity contribution >= 4 is 5.91 Å². The molecule has 1 atom stereocenters. The summed E-state index contributed by atoms with van der Waals surface area (Å²) in [5.74, 6) is -0.287. The molecule has 0 fully saturated rings. The van der Waals surface area contributed by atoms with E-state index in [0.717, 1.165) is 0 Å². The smallest absolute Gasteiger partial charge is 0.270 e. The number of carbonyl (C=O) groups excluding carboxylic acids is 1. The molecule has 0 spiro atoms. The zero-order chi connectivity index (χ0) is 14.5. The van der Waals surface area contributed by atoms with Crippen molar-refractivity contribution in [2.75, 3.05) is 6.61 Å². The monoisotopic (exact) mass is 261 g/mol. The largest absolute Gasteiger partial charge is 0.396 e. The number of pyridine rings is 1. The van der Waals surface area contributed by atoms with Crippen LogP contribution < -0.4 is 5.32 Å². The van der Waals surface area contributed by atoms with E-state index < -0.39 is 5.54 Å². The van der Waals surface area contributed by atoms with Gasteiger partial charge in [0.1, 0.15) is 11.8 Å². The number of hydrogen-bond donors (Lipinski definition) is 2. The van der Waals surface area contributed by atoms with Crippen LogP contribution in [0.2, 0.25) is 0 Å². The Morgan fingerprint density at radius 3 is 2.74 bits per heavy atom. The highest BCUT2D eigenvalue weighted by atomic mass is 16.3. The third kappa shape index (κ3) is 3.76. The van der Waals surface area contributed by atoms with Crippen molar-refractivity contribution < 1.29 is 9.90 Å². The lowest BCUT2D eigenvalue weighted by Crippen LogP contribution is -2.46. The molecule has 19 heavy (non-hydrogen) atoms. The van der Waals surface area contributed by atoms with E-state index in [-0.39, 0.29) is 18.2 Å². The van der Waals surface area contributed by atoms with E-state index in [2.05, 4.69) is 10.3 Å². The first-order valence-corrected chi connectivity index (χ1v) is 6.27. The van der Waals surface area contributed by atoms with Gasteiger partial charge in [0.25, 0.3) is 5.91 Å². The van der Waals surface area contributed by atoms with Crippen molar-refractivity contribution in [3.8, 4) is 6.07 Å². The van der Waals surface area contributed by atoms with Gasteiger partial charge in [0.2, 0.25) is 0 Å². The SMILES string of the molecule is CCC(C)(CCO)NC(=O)c1ccc(C#N)c(C)n1. The molecule has 0 aliphatic carbocycles. The zero-order valence-electron chi connectivity index (χ0n) is 11.5. The van der Waals surface area contributed by atoms with Gasteiger partial charge < -0.3 is 10.4 Å². The Hall–Kier alpha value is -1.93. The van der Waals surface area contributed by atoms with Gasteiger partial charge in [-0.15, -0.1) is 0 Å². The molecule has 0 aliphatic heterocycles. The molecule has 0 radical (unpaired) electrons. The van der Waals surface area contributed by atoms with Crippen LogP contribution in [0.25, 0.3) is 0 Å². The van der Waals surface area contributed by atoms with E-state index in [0.29, 0.717) is 24.1 Å². The summed E-state index contributed by atoms with van der Waals surface area (Å²) in [5.41, 5.74) is 0.838. The molecule has 2 N–H and O–H groups in total. The van der Waals surface area contributed by atoms with Gasteiger partial charge in [-0.3, -0.25) is 4.79 Å². The Labute approximate surface area is 113 Å². The van der Waals surface area contributed by atoms with Crippen LogP contribution in [0, 0.1) is 18.3 Å². The molecule has 1 amide bonds. The van der Waals surface area contributed by atoms with Gasteiger partial charge in [-0.25, -0.2) is 4.98 Å². The first-order chi connectivity index (χ1) is 8.95. The molecule has 0 saturated heterocycles. The summed E-state index contributed by atoms with van der Waals surface area (Å²) >= 11 is 0. The minimum absolute atomic E-state index is 0.0183. The molecule has 5 nitrogen and oxygen atoms in total. The minimum Gasteiger partial charge on any atom is -0.396 e. The lowest BCUT2D eigenvalue weighted by atomic mass is 9.94. The van der Waals surface area contributed by atoms with E-state index in [1.54, 1.807) is 13.0 Å². The van der Waals surface area contributed by atoms with Crippen LogP contribution in [-0.4, -0.2) is 28.1 Å². The molecule has 1 aromatic heterocycles. The molecule has 0 saturated carbocycles. The fourth-order valence-corrected chi connectivity index (χ4v) is 1.72. The van der Waals surface area contributed by atoms with Crippen LogP contribution >= 0.6 is 0 Å². The second-order valence-corrected chi connectivity index (χ2v) is 4.78. The standard InChI is InChI=1S/C14H19N3O2/c1-4-14(3,7-8-18)17-13(19)12-6-5-11(9-15)10(2)16-12/h5-6,18H,4,7-8H2,1-3H3,(H,17,19). The average molecular weight is 261 g/mol. The maximum atomic E-state index is 12.1. The molecule has 1 heterocycles. The van der Waals surface area contributed by atoms with Crippen LogP contribution in [0.5, 0.6) is 0 Å². The molecule has 5 heteroatoms. The van der Waals surface area contributed by atoms with Crippen molar-refractivity contribution in [2.45, 2.75) is 39.2 Å². The van der Waals surface area contributed by atoms with Crippen molar-refractivity contribution in [3.63, 3.8) is 0 Å². The van der Waals surface area contributed by atoms with Crippen molar-refractivity contribution in [1.29, 1.82) is 5.26 Å². The molecule has 1 rings (SSSR count). The normalized spacial score (nSPS) is 13.4. The summed E-state index contributed by atoms with van der Waals surface area (Å²) in [6.45, 7) is 5.55. The van der Waals surface area contributed by atoms with Gasteiger partial charge in [-0.2, -0.15) is 5.26 Å². The first kappa shape index (κ1) is 15.1. The summed E-state index contributed by atoms with van der Waals surface area (Å²) < 4.78 is 0. The van der Waals surface area contributed by atoms with Gasteiger partial charge in [0.05, 0.1) is 11.3 Å². The third-order valence-corrected chi connectivity index (χ3v) is 3.30. The Kier molecular flexibility index (Phi) is 5.02. The summed E-state index contributed by atoms with van der Waals surface area (Å²) in [5, 5.41) is 20.7. The molecule has 0 bridgehead atoms. The molecule has 102 valence electrons. The van der Waals surface area contributed by atoms with Crippen LogP contribution in [0.3, 0.4) is 0 Å². The Bertz CT molecular complexity index is 508. The highest BCUT2D eigenvalue weighted by molar-refractivity contribution is 5.92.